The molecule has 2 N–H and O–H groups in total. The molecule has 14 heavy (non-hydrogen) atoms. The Bertz CT molecular complexity index is 395. The molecule has 0 aliphatic rings. The highest BCUT2D eigenvalue weighted by Gasteiger charge is 2.11. The molecule has 0 spiro atoms. The summed E-state index contributed by atoms with van der Waals surface area (Å²) < 4.78 is 8.03. The zero-order valence-electron chi connectivity index (χ0n) is 7.67. The molecular weight excluding hydrogens is 216 g/mol. The zero-order chi connectivity index (χ0) is 9.97. The summed E-state index contributed by atoms with van der Waals surface area (Å²) in [4.78, 5) is 4.35. The molecule has 2 aromatic heterocycles. The molecular formula is C8H10N4S2. The van der Waals surface area contributed by atoms with Gasteiger partial charge < -0.3 is 5.73 Å². The van der Waals surface area contributed by atoms with Crippen molar-refractivity contribution in [2.45, 2.75) is 19.4 Å². The largest absolute Gasteiger partial charge is 0.322 e. The summed E-state index contributed by atoms with van der Waals surface area (Å²) in [5.41, 5.74) is 7.85. The van der Waals surface area contributed by atoms with Crippen LogP contribution in [0.4, 0.5) is 0 Å². The van der Waals surface area contributed by atoms with Gasteiger partial charge in [0.15, 0.2) is 0 Å². The number of rotatable bonds is 3. The maximum atomic E-state index is 5.95. The van der Waals surface area contributed by atoms with Crippen molar-refractivity contribution >= 4 is 23.1 Å². The van der Waals surface area contributed by atoms with Gasteiger partial charge in [-0.2, -0.15) is 8.75 Å². The molecule has 0 fully saturated rings. The molecule has 0 radical (unpaired) electrons. The molecule has 4 nitrogen and oxygen atoms in total. The van der Waals surface area contributed by atoms with Crippen molar-refractivity contribution in [3.8, 4) is 0 Å². The number of nitrogens with zero attached hydrogens (tertiary/aromatic N) is 3. The summed E-state index contributed by atoms with van der Waals surface area (Å²) in [6, 6.07) is -0.0840. The van der Waals surface area contributed by atoms with Gasteiger partial charge in [-0.3, -0.25) is 0 Å². The highest BCUT2D eigenvalue weighted by Crippen LogP contribution is 2.17. The number of aryl methyl sites for hydroxylation is 1. The number of nitrogens with two attached hydrogens (primary N) is 1. The maximum absolute atomic E-state index is 5.95. The Kier molecular flexibility index (Phi) is 2.85. The molecule has 0 saturated carbocycles. The van der Waals surface area contributed by atoms with E-state index in [2.05, 4.69) is 13.7 Å². The fourth-order valence-corrected chi connectivity index (χ4v) is 2.44. The quantitative estimate of drug-likeness (QED) is 0.862. The van der Waals surface area contributed by atoms with Gasteiger partial charge in [0.25, 0.3) is 0 Å². The average Bonchev–Trinajstić information content (AvgIpc) is 2.75. The lowest BCUT2D eigenvalue weighted by atomic mass is 10.2. The standard InChI is InChI=1S/C8H10N4S2/c1-5-4-13-8(11-5)2-6(9)7-3-10-14-12-7/h3-4,6H,2,9H2,1H3. The summed E-state index contributed by atoms with van der Waals surface area (Å²) in [7, 11) is 0. The molecule has 2 heterocycles. The van der Waals surface area contributed by atoms with Crippen LogP contribution in [0.2, 0.25) is 0 Å². The van der Waals surface area contributed by atoms with Crippen LogP contribution in [-0.4, -0.2) is 13.7 Å². The van der Waals surface area contributed by atoms with Crippen LogP contribution < -0.4 is 5.73 Å². The topological polar surface area (TPSA) is 64.7 Å². The number of hydrogen-bond acceptors (Lipinski definition) is 6. The van der Waals surface area contributed by atoms with Crippen molar-refractivity contribution in [2.24, 2.45) is 5.73 Å². The Morgan fingerprint density at radius 2 is 2.43 bits per heavy atom. The second kappa shape index (κ2) is 4.12. The predicted octanol–water partition coefficient (Wildman–Crippen LogP) is 1.55. The van der Waals surface area contributed by atoms with Crippen LogP contribution in [0.3, 0.4) is 0 Å². The van der Waals surface area contributed by atoms with Crippen LogP contribution in [0.1, 0.15) is 22.4 Å². The van der Waals surface area contributed by atoms with Gasteiger partial charge in [-0.05, 0) is 6.92 Å². The maximum Gasteiger partial charge on any atom is 0.0947 e. The lowest BCUT2D eigenvalue weighted by Crippen LogP contribution is -2.13. The third-order valence-corrected chi connectivity index (χ3v) is 3.30. The fourth-order valence-electron chi connectivity index (χ4n) is 1.12. The van der Waals surface area contributed by atoms with Crippen LogP contribution in [0, 0.1) is 6.92 Å². The first-order chi connectivity index (χ1) is 6.75. The summed E-state index contributed by atoms with van der Waals surface area (Å²) in [5.74, 6) is 0. The van der Waals surface area contributed by atoms with E-state index < -0.39 is 0 Å². The van der Waals surface area contributed by atoms with E-state index in [4.69, 9.17) is 5.73 Å². The molecule has 2 aromatic rings. The van der Waals surface area contributed by atoms with Crippen LogP contribution in [0.25, 0.3) is 0 Å². The number of aromatic nitrogens is 3. The second-order valence-corrected chi connectivity index (χ2v) is 4.52. The lowest BCUT2D eigenvalue weighted by molar-refractivity contribution is 0.700. The molecule has 74 valence electrons. The van der Waals surface area contributed by atoms with Crippen LogP contribution in [-0.2, 0) is 6.42 Å². The van der Waals surface area contributed by atoms with E-state index >= 15 is 0 Å². The third kappa shape index (κ3) is 2.14. The smallest absolute Gasteiger partial charge is 0.0947 e. The molecule has 0 bridgehead atoms. The molecule has 2 rings (SSSR count). The van der Waals surface area contributed by atoms with E-state index in [0.29, 0.717) is 0 Å². The van der Waals surface area contributed by atoms with Crippen LogP contribution in [0.15, 0.2) is 11.6 Å². The summed E-state index contributed by atoms with van der Waals surface area (Å²) in [5, 5.41) is 3.09. The molecule has 1 unspecified atom stereocenters. The van der Waals surface area contributed by atoms with Crippen molar-refractivity contribution in [2.75, 3.05) is 0 Å². The summed E-state index contributed by atoms with van der Waals surface area (Å²) in [6.45, 7) is 1.98. The van der Waals surface area contributed by atoms with Gasteiger partial charge in [0.05, 0.1) is 34.7 Å². The van der Waals surface area contributed by atoms with E-state index in [1.807, 2.05) is 12.3 Å². The highest BCUT2D eigenvalue weighted by atomic mass is 32.1. The van der Waals surface area contributed by atoms with Gasteiger partial charge in [0.2, 0.25) is 0 Å². The van der Waals surface area contributed by atoms with Crippen molar-refractivity contribution in [1.29, 1.82) is 0 Å². The Morgan fingerprint density at radius 3 is 3.00 bits per heavy atom. The van der Waals surface area contributed by atoms with Crippen molar-refractivity contribution in [3.63, 3.8) is 0 Å². The monoisotopic (exact) mass is 226 g/mol. The van der Waals surface area contributed by atoms with Crippen molar-refractivity contribution < 1.29 is 0 Å². The Hall–Kier alpha value is -0.850. The summed E-state index contributed by atoms with van der Waals surface area (Å²) >= 11 is 2.83. The minimum Gasteiger partial charge on any atom is -0.322 e. The van der Waals surface area contributed by atoms with Gasteiger partial charge in [0, 0.05) is 17.5 Å². The molecule has 0 aromatic carbocycles. The first kappa shape index (κ1) is 9.70. The van der Waals surface area contributed by atoms with Gasteiger partial charge in [-0.15, -0.1) is 11.3 Å². The van der Waals surface area contributed by atoms with Crippen LogP contribution >= 0.6 is 23.1 Å². The van der Waals surface area contributed by atoms with Gasteiger partial charge >= 0.3 is 0 Å². The van der Waals surface area contributed by atoms with Crippen molar-refractivity contribution in [1.82, 2.24) is 13.7 Å². The third-order valence-electron chi connectivity index (χ3n) is 1.82. The number of hydrogen-bond donors (Lipinski definition) is 1. The minimum atomic E-state index is -0.0840. The zero-order valence-corrected chi connectivity index (χ0v) is 9.31. The Morgan fingerprint density at radius 1 is 1.57 bits per heavy atom. The Balaban J connectivity index is 2.05. The fraction of sp³-hybridized carbons (Fsp3) is 0.375. The van der Waals surface area contributed by atoms with E-state index in [1.54, 1.807) is 17.5 Å². The van der Waals surface area contributed by atoms with Gasteiger partial charge in [0.1, 0.15) is 0 Å². The minimum absolute atomic E-state index is 0.0840. The molecule has 0 saturated heterocycles. The van der Waals surface area contributed by atoms with E-state index in [9.17, 15) is 0 Å². The van der Waals surface area contributed by atoms with E-state index in [0.717, 1.165) is 22.8 Å². The molecule has 0 amide bonds. The molecule has 1 atom stereocenters. The first-order valence-electron chi connectivity index (χ1n) is 4.20. The van der Waals surface area contributed by atoms with Gasteiger partial charge in [-0.1, -0.05) is 0 Å². The van der Waals surface area contributed by atoms with Crippen LogP contribution in [0.5, 0.6) is 0 Å². The molecule has 0 aliphatic heterocycles. The molecule has 6 heteroatoms. The Labute approximate surface area is 90.1 Å². The van der Waals surface area contributed by atoms with E-state index in [1.165, 1.54) is 11.7 Å². The average molecular weight is 226 g/mol. The normalized spacial score (nSPS) is 13.0. The lowest BCUT2D eigenvalue weighted by Gasteiger charge is -2.04. The van der Waals surface area contributed by atoms with E-state index in [-0.39, 0.29) is 6.04 Å². The van der Waals surface area contributed by atoms with Gasteiger partial charge in [-0.25, -0.2) is 4.98 Å². The number of thiazole rings is 1. The first-order valence-corrected chi connectivity index (χ1v) is 5.81. The summed E-state index contributed by atoms with van der Waals surface area (Å²) in [6.07, 6.45) is 2.46. The highest BCUT2D eigenvalue weighted by molar-refractivity contribution is 7.09. The molecule has 0 aliphatic carbocycles. The van der Waals surface area contributed by atoms with Crippen molar-refractivity contribution in [3.05, 3.63) is 28.0 Å². The predicted molar refractivity (Wildman–Crippen MR) is 57.4 cm³/mol. The second-order valence-electron chi connectivity index (χ2n) is 3.03. The SMILES string of the molecule is Cc1csc(CC(N)c2cnsn2)n1.